The highest BCUT2D eigenvalue weighted by molar-refractivity contribution is 8.00. The molecule has 8 heteroatoms. The van der Waals surface area contributed by atoms with Crippen LogP contribution in [-0.2, 0) is 11.2 Å². The van der Waals surface area contributed by atoms with E-state index in [1.165, 1.54) is 11.8 Å². The molecule has 30 heavy (non-hydrogen) atoms. The van der Waals surface area contributed by atoms with Gasteiger partial charge < -0.3 is 15.5 Å². The first-order valence-corrected chi connectivity index (χ1v) is 10.9. The third-order valence-electron chi connectivity index (χ3n) is 4.91. The highest BCUT2D eigenvalue weighted by Crippen LogP contribution is 2.38. The molecule has 0 bridgehead atoms. The molecule has 0 radical (unpaired) electrons. The van der Waals surface area contributed by atoms with Gasteiger partial charge in [0.2, 0.25) is 11.1 Å². The van der Waals surface area contributed by atoms with Gasteiger partial charge >= 0.3 is 0 Å². The molecule has 2 atom stereocenters. The SMILES string of the molecule is CCOc1ccc([C@H]2Nn3c(CC)nnc3S[C@@H]2C(=O)Nc2cccc(C)c2)cc1. The number of thioether (sulfide) groups is 1. The average Bonchev–Trinajstić information content (AvgIpc) is 3.16. The van der Waals surface area contributed by atoms with Crippen molar-refractivity contribution in [2.75, 3.05) is 17.3 Å². The number of aromatic nitrogens is 3. The van der Waals surface area contributed by atoms with Crippen LogP contribution >= 0.6 is 11.8 Å². The van der Waals surface area contributed by atoms with Crippen LogP contribution in [0, 0.1) is 6.92 Å². The van der Waals surface area contributed by atoms with Gasteiger partial charge in [-0.25, -0.2) is 4.68 Å². The van der Waals surface area contributed by atoms with Gasteiger partial charge in [0.05, 0.1) is 12.6 Å². The molecule has 2 heterocycles. The van der Waals surface area contributed by atoms with Gasteiger partial charge in [0.25, 0.3) is 0 Å². The van der Waals surface area contributed by atoms with Crippen molar-refractivity contribution in [1.29, 1.82) is 0 Å². The van der Waals surface area contributed by atoms with Crippen LogP contribution in [0.4, 0.5) is 5.69 Å². The highest BCUT2D eigenvalue weighted by Gasteiger charge is 2.37. The lowest BCUT2D eigenvalue weighted by atomic mass is 10.0. The Morgan fingerprint density at radius 1 is 1.20 bits per heavy atom. The van der Waals surface area contributed by atoms with Crippen LogP contribution in [0.1, 0.15) is 36.8 Å². The summed E-state index contributed by atoms with van der Waals surface area (Å²) in [6.45, 7) is 6.61. The smallest absolute Gasteiger partial charge is 0.240 e. The number of hydrogen-bond donors (Lipinski definition) is 2. The molecule has 0 unspecified atom stereocenters. The zero-order chi connectivity index (χ0) is 21.1. The Kier molecular flexibility index (Phi) is 5.94. The van der Waals surface area contributed by atoms with Crippen LogP contribution in [0.25, 0.3) is 0 Å². The minimum absolute atomic E-state index is 0.0794. The molecule has 2 N–H and O–H groups in total. The van der Waals surface area contributed by atoms with Gasteiger partial charge in [-0.3, -0.25) is 4.79 Å². The fourth-order valence-corrected chi connectivity index (χ4v) is 4.55. The lowest BCUT2D eigenvalue weighted by Gasteiger charge is -2.33. The van der Waals surface area contributed by atoms with E-state index < -0.39 is 5.25 Å². The largest absolute Gasteiger partial charge is 0.494 e. The number of amides is 1. The van der Waals surface area contributed by atoms with Crippen molar-refractivity contribution in [3.63, 3.8) is 0 Å². The molecule has 1 aliphatic rings. The van der Waals surface area contributed by atoms with Crippen molar-refractivity contribution in [1.82, 2.24) is 14.9 Å². The van der Waals surface area contributed by atoms with Crippen molar-refractivity contribution in [3.05, 3.63) is 65.5 Å². The lowest BCUT2D eigenvalue weighted by molar-refractivity contribution is -0.116. The standard InChI is InChI=1S/C22H25N5O2S/c1-4-18-24-25-22-27(18)26-19(15-9-11-17(12-10-15)29-5-2)20(30-22)21(28)23-16-8-6-7-14(3)13-16/h6-13,19-20,26H,4-5H2,1-3H3,(H,23,28)/t19-,20+/m1/s1. The number of rotatable bonds is 6. The third-order valence-corrected chi connectivity index (χ3v) is 6.13. The van der Waals surface area contributed by atoms with E-state index in [2.05, 4.69) is 20.9 Å². The number of fused-ring (bicyclic) bond motifs is 1. The Morgan fingerprint density at radius 2 is 2.00 bits per heavy atom. The van der Waals surface area contributed by atoms with E-state index in [4.69, 9.17) is 4.74 Å². The van der Waals surface area contributed by atoms with Crippen molar-refractivity contribution < 1.29 is 9.53 Å². The summed E-state index contributed by atoms with van der Waals surface area (Å²) in [5.74, 6) is 1.57. The van der Waals surface area contributed by atoms with Crippen molar-refractivity contribution in [3.8, 4) is 5.75 Å². The minimum Gasteiger partial charge on any atom is -0.494 e. The Bertz CT molecular complexity index is 1030. The Hall–Kier alpha value is -3.00. The second kappa shape index (κ2) is 8.79. The fourth-order valence-electron chi connectivity index (χ4n) is 3.45. The Balaban J connectivity index is 1.65. The number of nitrogens with zero attached hydrogens (tertiary/aromatic N) is 3. The zero-order valence-electron chi connectivity index (χ0n) is 17.3. The molecule has 0 aliphatic carbocycles. The van der Waals surface area contributed by atoms with Crippen LogP contribution in [0.2, 0.25) is 0 Å². The lowest BCUT2D eigenvalue weighted by Crippen LogP contribution is -2.41. The van der Waals surface area contributed by atoms with E-state index >= 15 is 0 Å². The molecule has 156 valence electrons. The van der Waals surface area contributed by atoms with E-state index in [9.17, 15) is 4.79 Å². The normalized spacial score (nSPS) is 17.7. The highest BCUT2D eigenvalue weighted by atomic mass is 32.2. The van der Waals surface area contributed by atoms with Gasteiger partial charge in [0, 0.05) is 12.1 Å². The fraction of sp³-hybridized carbons (Fsp3) is 0.318. The van der Waals surface area contributed by atoms with Gasteiger partial charge in [-0.05, 0) is 49.2 Å². The van der Waals surface area contributed by atoms with Crippen molar-refractivity contribution in [2.45, 2.75) is 43.6 Å². The average molecular weight is 424 g/mol. The van der Waals surface area contributed by atoms with Crippen molar-refractivity contribution in [2.24, 2.45) is 0 Å². The molecule has 3 aromatic rings. The summed E-state index contributed by atoms with van der Waals surface area (Å²) in [7, 11) is 0. The summed E-state index contributed by atoms with van der Waals surface area (Å²) in [5.41, 5.74) is 6.34. The molecule has 1 aliphatic heterocycles. The first-order valence-electron chi connectivity index (χ1n) is 10.1. The van der Waals surface area contributed by atoms with Crippen LogP contribution < -0.4 is 15.5 Å². The summed E-state index contributed by atoms with van der Waals surface area (Å²) in [4.78, 5) is 13.3. The number of ether oxygens (including phenoxy) is 1. The number of hydrogen-bond acceptors (Lipinski definition) is 6. The number of nitrogens with one attached hydrogen (secondary N) is 2. The van der Waals surface area contributed by atoms with Gasteiger partial charge in [-0.1, -0.05) is 43.0 Å². The zero-order valence-corrected chi connectivity index (χ0v) is 18.1. The van der Waals surface area contributed by atoms with E-state index in [1.807, 2.05) is 74.0 Å². The summed E-state index contributed by atoms with van der Waals surface area (Å²) in [6.07, 6.45) is 0.747. The quantitative estimate of drug-likeness (QED) is 0.625. The molecule has 0 saturated heterocycles. The molecular weight excluding hydrogens is 398 g/mol. The summed E-state index contributed by atoms with van der Waals surface area (Å²) < 4.78 is 7.45. The third kappa shape index (κ3) is 4.14. The second-order valence-electron chi connectivity index (χ2n) is 7.09. The first-order chi connectivity index (χ1) is 14.6. The molecule has 0 fully saturated rings. The molecular formula is C22H25N5O2S. The van der Waals surface area contributed by atoms with Gasteiger partial charge in [-0.2, -0.15) is 0 Å². The number of anilines is 1. The van der Waals surface area contributed by atoms with E-state index in [-0.39, 0.29) is 11.9 Å². The summed E-state index contributed by atoms with van der Waals surface area (Å²) >= 11 is 1.43. The molecule has 0 saturated carbocycles. The summed E-state index contributed by atoms with van der Waals surface area (Å²) in [5, 5.41) is 11.8. The number of benzene rings is 2. The predicted molar refractivity (Wildman–Crippen MR) is 119 cm³/mol. The monoisotopic (exact) mass is 423 g/mol. The maximum atomic E-state index is 13.3. The van der Waals surface area contributed by atoms with Crippen molar-refractivity contribution >= 4 is 23.4 Å². The van der Waals surface area contributed by atoms with Gasteiger partial charge in [0.15, 0.2) is 5.82 Å². The van der Waals surface area contributed by atoms with Crippen LogP contribution in [-0.4, -0.2) is 32.6 Å². The molecule has 7 nitrogen and oxygen atoms in total. The first kappa shape index (κ1) is 20.3. The molecule has 2 aromatic carbocycles. The maximum Gasteiger partial charge on any atom is 0.240 e. The Labute approximate surface area is 180 Å². The van der Waals surface area contributed by atoms with Gasteiger partial charge in [0.1, 0.15) is 11.0 Å². The van der Waals surface area contributed by atoms with Gasteiger partial charge in [-0.15, -0.1) is 10.2 Å². The minimum atomic E-state index is -0.412. The predicted octanol–water partition coefficient (Wildman–Crippen LogP) is 3.95. The van der Waals surface area contributed by atoms with Crippen LogP contribution in [0.5, 0.6) is 5.75 Å². The maximum absolute atomic E-state index is 13.3. The Morgan fingerprint density at radius 3 is 2.70 bits per heavy atom. The molecule has 0 spiro atoms. The summed E-state index contributed by atoms with van der Waals surface area (Å²) in [6, 6.07) is 15.4. The number of aryl methyl sites for hydroxylation is 2. The topological polar surface area (TPSA) is 81.1 Å². The second-order valence-corrected chi connectivity index (χ2v) is 8.20. The number of carbonyl (C=O) groups excluding carboxylic acids is 1. The molecule has 1 amide bonds. The van der Waals surface area contributed by atoms with E-state index in [0.717, 1.165) is 34.8 Å². The van der Waals surface area contributed by atoms with Crippen LogP contribution in [0.3, 0.4) is 0 Å². The molecule has 4 rings (SSSR count). The van der Waals surface area contributed by atoms with E-state index in [1.54, 1.807) is 0 Å². The number of carbonyl (C=O) groups is 1. The molecule has 1 aromatic heterocycles. The van der Waals surface area contributed by atoms with E-state index in [0.29, 0.717) is 11.8 Å². The van der Waals surface area contributed by atoms with Crippen LogP contribution in [0.15, 0.2) is 53.7 Å².